The Balaban J connectivity index is 1.68. The highest BCUT2D eigenvalue weighted by atomic mass is 31.2. The zero-order valence-electron chi connectivity index (χ0n) is 15.6. The van der Waals surface area contributed by atoms with E-state index in [2.05, 4.69) is 15.0 Å². The van der Waals surface area contributed by atoms with Crippen LogP contribution in [-0.4, -0.2) is 64.9 Å². The number of carboxylic acids is 1. The van der Waals surface area contributed by atoms with E-state index in [0.29, 0.717) is 12.8 Å². The van der Waals surface area contributed by atoms with E-state index in [1.54, 1.807) is 6.07 Å². The van der Waals surface area contributed by atoms with Crippen LogP contribution in [0, 0.1) is 16.7 Å². The van der Waals surface area contributed by atoms with Crippen LogP contribution in [0.2, 0.25) is 0 Å². The fourth-order valence-electron chi connectivity index (χ4n) is 3.71. The number of hydrogen-bond acceptors (Lipinski definition) is 10. The number of anilines is 1. The predicted octanol–water partition coefficient (Wildman–Crippen LogP) is -0.679. The minimum absolute atomic E-state index is 0.0399. The number of imidazole rings is 1. The first-order valence-electron chi connectivity index (χ1n) is 8.83. The number of fused-ring (bicyclic) bond motifs is 1. The maximum Gasteiger partial charge on any atom is 0.365 e. The zero-order valence-corrected chi connectivity index (χ0v) is 16.5. The Morgan fingerprint density at radius 2 is 2.19 bits per heavy atom. The average Bonchev–Trinajstić information content (AvgIpc) is 3.26. The van der Waals surface area contributed by atoms with Crippen LogP contribution in [0.4, 0.5) is 5.82 Å². The molecule has 3 heterocycles. The second-order valence-corrected chi connectivity index (χ2v) is 8.78. The largest absolute Gasteiger partial charge is 0.479 e. The molecular weight excluding hydrogens is 435 g/mol. The normalized spacial score (nSPS) is 22.9. The molecule has 5 N–H and O–H groups in total. The van der Waals surface area contributed by atoms with Gasteiger partial charge in [0.05, 0.1) is 24.6 Å². The van der Waals surface area contributed by atoms with Gasteiger partial charge in [-0.3, -0.25) is 9.13 Å². The van der Waals surface area contributed by atoms with E-state index in [1.165, 1.54) is 10.9 Å². The van der Waals surface area contributed by atoms with Crippen molar-refractivity contribution in [1.82, 2.24) is 19.5 Å². The molecule has 2 fully saturated rings. The van der Waals surface area contributed by atoms with Gasteiger partial charge in [0.2, 0.25) is 5.82 Å². The number of hydrogen-bond donors (Lipinski definition) is 4. The lowest BCUT2D eigenvalue weighted by atomic mass is 9.93. The van der Waals surface area contributed by atoms with Crippen molar-refractivity contribution >= 4 is 36.5 Å². The van der Waals surface area contributed by atoms with Crippen molar-refractivity contribution in [2.75, 3.05) is 12.3 Å². The summed E-state index contributed by atoms with van der Waals surface area (Å²) in [5, 5.41) is 18.1. The molecule has 1 aliphatic heterocycles. The summed E-state index contributed by atoms with van der Waals surface area (Å²) in [7, 11) is -5.08. The highest BCUT2D eigenvalue weighted by Gasteiger charge is 2.62. The van der Waals surface area contributed by atoms with E-state index < -0.39 is 43.8 Å². The van der Waals surface area contributed by atoms with E-state index in [4.69, 9.17) is 25.6 Å². The highest BCUT2D eigenvalue weighted by Crippen LogP contribution is 2.63. The van der Waals surface area contributed by atoms with Crippen LogP contribution in [0.25, 0.3) is 11.2 Å². The molecule has 3 unspecified atom stereocenters. The van der Waals surface area contributed by atoms with Crippen molar-refractivity contribution in [3.63, 3.8) is 0 Å². The van der Waals surface area contributed by atoms with Crippen LogP contribution in [0.5, 0.6) is 0 Å². The molecule has 1 spiro atoms. The first-order valence-corrected chi connectivity index (χ1v) is 10.5. The Bertz CT molecular complexity index is 1220. The summed E-state index contributed by atoms with van der Waals surface area (Å²) in [6.45, 7) is -0.489. The third kappa shape index (κ3) is 3.39. The van der Waals surface area contributed by atoms with Gasteiger partial charge in [-0.2, -0.15) is 15.2 Å². The highest BCUT2D eigenvalue weighted by molar-refractivity contribution is 7.53. The summed E-state index contributed by atoms with van der Waals surface area (Å²) in [6, 6.07) is 1.77. The number of carbonyl (C=O) groups is 1. The van der Waals surface area contributed by atoms with Gasteiger partial charge in [0.15, 0.2) is 17.7 Å². The van der Waals surface area contributed by atoms with Gasteiger partial charge in [0, 0.05) is 5.41 Å². The molecule has 2 aromatic heterocycles. The number of carboxylic acid groups (broad SMARTS) is 1. The van der Waals surface area contributed by atoms with Crippen molar-refractivity contribution < 1.29 is 38.5 Å². The molecule has 0 bridgehead atoms. The van der Waals surface area contributed by atoms with Crippen LogP contribution in [-0.2, 0) is 23.6 Å². The number of nitrogen functional groups attached to an aromatic ring is 1. The number of nitriles is 1. The molecule has 4 rings (SSSR count). The van der Waals surface area contributed by atoms with Gasteiger partial charge in [0.25, 0.3) is 5.85 Å². The summed E-state index contributed by atoms with van der Waals surface area (Å²) < 4.78 is 23.7. The average molecular weight is 450 g/mol. The lowest BCUT2D eigenvalue weighted by Gasteiger charge is -2.20. The Hall–Kier alpha value is -3.17. The Morgan fingerprint density at radius 1 is 1.48 bits per heavy atom. The van der Waals surface area contributed by atoms with Gasteiger partial charge < -0.3 is 30.1 Å². The van der Waals surface area contributed by atoms with Crippen LogP contribution < -0.4 is 5.73 Å². The van der Waals surface area contributed by atoms with Crippen molar-refractivity contribution in [3.8, 4) is 6.07 Å². The van der Waals surface area contributed by atoms with Gasteiger partial charge >= 0.3 is 13.6 Å². The lowest BCUT2D eigenvalue weighted by Crippen LogP contribution is -2.31. The fourth-order valence-corrected chi connectivity index (χ4v) is 4.27. The molecule has 1 saturated heterocycles. The SMILES string of the molecule is N#Cc1nc(N)c2ncn(C3OC(COC(C(=O)O)P(=O)(O)O)C4(CC4)C3=C=O)c2n1. The Morgan fingerprint density at radius 3 is 2.74 bits per heavy atom. The molecular formula is C16H15N6O8P. The van der Waals surface area contributed by atoms with Crippen LogP contribution in [0.1, 0.15) is 24.9 Å². The standard InChI is InChI=1S/C16H15N6O8P/c17-3-9-20-11(18)10-12(21-9)22(6-19-10)13-7(4-23)16(1-2-16)8(30-13)5-29-15(14(24)25)31(26,27)28/h6,8,13,15H,1-2,5H2,(H,24,25)(H2,18,20,21)(H2,26,27,28). The summed E-state index contributed by atoms with van der Waals surface area (Å²) in [4.78, 5) is 53.3. The van der Waals surface area contributed by atoms with Crippen LogP contribution >= 0.6 is 7.60 Å². The van der Waals surface area contributed by atoms with Crippen molar-refractivity contribution in [2.45, 2.75) is 31.0 Å². The maximum absolute atomic E-state index is 11.8. The number of aromatic nitrogens is 4. The number of rotatable bonds is 6. The van der Waals surface area contributed by atoms with Gasteiger partial charge in [-0.05, 0) is 12.8 Å². The topological polar surface area (TPSA) is 224 Å². The number of nitrogens with zero attached hydrogens (tertiary/aromatic N) is 5. The molecule has 2 aliphatic rings. The zero-order chi connectivity index (χ0) is 22.6. The molecule has 0 aromatic carbocycles. The van der Waals surface area contributed by atoms with Gasteiger partial charge in [-0.25, -0.2) is 14.6 Å². The number of nitrogens with two attached hydrogens (primary N) is 1. The van der Waals surface area contributed by atoms with Crippen LogP contribution in [0.3, 0.4) is 0 Å². The van der Waals surface area contributed by atoms with Crippen molar-refractivity contribution in [3.05, 3.63) is 17.7 Å². The molecule has 0 radical (unpaired) electrons. The first kappa shape index (κ1) is 21.1. The molecule has 2 aromatic rings. The molecule has 31 heavy (non-hydrogen) atoms. The summed E-state index contributed by atoms with van der Waals surface area (Å²) in [5.41, 5.74) is 5.50. The third-order valence-corrected chi connectivity index (χ3v) is 6.30. The van der Waals surface area contributed by atoms with Crippen molar-refractivity contribution in [1.29, 1.82) is 5.26 Å². The van der Waals surface area contributed by atoms with E-state index in [0.717, 1.165) is 0 Å². The lowest BCUT2D eigenvalue weighted by molar-refractivity contribution is -0.148. The maximum atomic E-state index is 11.8. The quantitative estimate of drug-likeness (QED) is 0.316. The second-order valence-electron chi connectivity index (χ2n) is 7.13. The summed E-state index contributed by atoms with van der Waals surface area (Å²) in [6.07, 6.45) is 0.368. The molecule has 15 heteroatoms. The molecule has 1 saturated carbocycles. The minimum atomic E-state index is -5.08. The van der Waals surface area contributed by atoms with Crippen LogP contribution in [0.15, 0.2) is 11.9 Å². The predicted molar refractivity (Wildman–Crippen MR) is 98.7 cm³/mol. The minimum Gasteiger partial charge on any atom is -0.479 e. The number of aliphatic carboxylic acids is 1. The van der Waals surface area contributed by atoms with E-state index in [-0.39, 0.29) is 28.4 Å². The van der Waals surface area contributed by atoms with E-state index in [1.807, 2.05) is 5.94 Å². The van der Waals surface area contributed by atoms with Crippen molar-refractivity contribution in [2.24, 2.45) is 5.41 Å². The van der Waals surface area contributed by atoms with E-state index >= 15 is 0 Å². The second kappa shape index (κ2) is 7.21. The summed E-state index contributed by atoms with van der Waals surface area (Å²) in [5.74, 6) is -2.58. The fraction of sp³-hybridized carbons (Fsp3) is 0.438. The Kier molecular flexibility index (Phi) is 4.90. The molecule has 162 valence electrons. The number of carbonyl (C=O) groups excluding carboxylic acids is 1. The van der Waals surface area contributed by atoms with Gasteiger partial charge in [0.1, 0.15) is 17.5 Å². The van der Waals surface area contributed by atoms with Gasteiger partial charge in [-0.15, -0.1) is 0 Å². The first-order chi connectivity index (χ1) is 14.6. The summed E-state index contributed by atoms with van der Waals surface area (Å²) >= 11 is 0. The van der Waals surface area contributed by atoms with E-state index in [9.17, 15) is 23.9 Å². The Labute approximate surface area is 173 Å². The van der Waals surface area contributed by atoms with Gasteiger partial charge in [-0.1, -0.05) is 0 Å². The molecule has 3 atom stereocenters. The number of ether oxygens (including phenoxy) is 2. The smallest absolute Gasteiger partial charge is 0.365 e. The molecule has 1 aliphatic carbocycles. The molecule has 14 nitrogen and oxygen atoms in total. The third-order valence-electron chi connectivity index (χ3n) is 5.31. The monoisotopic (exact) mass is 450 g/mol. The molecule has 0 amide bonds.